The number of amides is 1. The Labute approximate surface area is 242 Å². The summed E-state index contributed by atoms with van der Waals surface area (Å²) in [4.78, 5) is 29.5. The summed E-state index contributed by atoms with van der Waals surface area (Å²) in [5, 5.41) is 24.7. The number of imidazole rings is 1. The van der Waals surface area contributed by atoms with E-state index in [0.717, 1.165) is 20.9 Å². The quantitative estimate of drug-likeness (QED) is 0.163. The highest BCUT2D eigenvalue weighted by Crippen LogP contribution is 2.31. The molecule has 4 N–H and O–H groups in total. The molecule has 1 atom stereocenters. The van der Waals surface area contributed by atoms with Crippen molar-refractivity contribution < 1.29 is 24.1 Å². The molecular weight excluding hydrogens is 628 g/mol. The number of hydrogen-bond acceptors (Lipinski definition) is 5. The Morgan fingerprint density at radius 1 is 1.02 bits per heavy atom. The summed E-state index contributed by atoms with van der Waals surface area (Å²) in [5.74, 6) is -1.20. The maximum absolute atomic E-state index is 14.6. The Balaban J connectivity index is 1.53. The molecule has 0 bridgehead atoms. The minimum atomic E-state index is -1.20. The van der Waals surface area contributed by atoms with Crippen molar-refractivity contribution in [1.82, 2.24) is 9.55 Å². The number of aliphatic hydroxyl groups is 1. The summed E-state index contributed by atoms with van der Waals surface area (Å²) in [6.07, 6.45) is 0.0569. The third kappa shape index (κ3) is 5.87. The van der Waals surface area contributed by atoms with Crippen LogP contribution in [0.4, 0.5) is 10.1 Å². The predicted octanol–water partition coefficient (Wildman–Crippen LogP) is 5.24. The number of fused-ring (bicyclic) bond motifs is 1. The minimum absolute atomic E-state index is 0.0318. The number of aromatic amines is 1. The smallest absolute Gasteiger partial charge is 0.329 e. The van der Waals surface area contributed by atoms with Crippen molar-refractivity contribution in [2.24, 2.45) is 0 Å². The molecule has 1 amide bonds. The van der Waals surface area contributed by atoms with Crippen LogP contribution >= 0.6 is 22.6 Å². The summed E-state index contributed by atoms with van der Waals surface area (Å²) in [6, 6.07) is 23.2. The van der Waals surface area contributed by atoms with E-state index in [4.69, 9.17) is 9.84 Å². The van der Waals surface area contributed by atoms with Crippen molar-refractivity contribution >= 4 is 45.0 Å². The summed E-state index contributed by atoms with van der Waals surface area (Å²) in [7, 11) is 0. The molecule has 0 aliphatic rings. The van der Waals surface area contributed by atoms with Crippen molar-refractivity contribution in [2.75, 3.05) is 18.5 Å². The topological polar surface area (TPSA) is 117 Å². The molecule has 5 aromatic rings. The largest absolute Gasteiger partial charge is 0.493 e. The molecule has 40 heavy (non-hydrogen) atoms. The van der Waals surface area contributed by atoms with E-state index >= 15 is 0 Å². The fraction of sp³-hybridized carbons (Fsp3) is 0.133. The van der Waals surface area contributed by atoms with Crippen molar-refractivity contribution in [2.45, 2.75) is 12.5 Å². The Kier molecular flexibility index (Phi) is 8.17. The van der Waals surface area contributed by atoms with Gasteiger partial charge in [0.15, 0.2) is 0 Å². The van der Waals surface area contributed by atoms with E-state index in [2.05, 4.69) is 10.3 Å². The summed E-state index contributed by atoms with van der Waals surface area (Å²) in [6.45, 7) is -0.00395. The van der Waals surface area contributed by atoms with Gasteiger partial charge in [-0.3, -0.25) is 4.79 Å². The van der Waals surface area contributed by atoms with Gasteiger partial charge in [-0.1, -0.05) is 42.5 Å². The molecule has 5 rings (SSSR count). The molecule has 8 nitrogen and oxygen atoms in total. The number of hydrogen-bond donors (Lipinski definition) is 4. The first kappa shape index (κ1) is 27.4. The van der Waals surface area contributed by atoms with Crippen LogP contribution in [-0.4, -0.2) is 38.9 Å². The number of halogens is 2. The minimum Gasteiger partial charge on any atom is -0.493 e. The van der Waals surface area contributed by atoms with E-state index in [9.17, 15) is 19.1 Å². The lowest BCUT2D eigenvalue weighted by Gasteiger charge is -2.19. The highest BCUT2D eigenvalue weighted by molar-refractivity contribution is 14.1. The Morgan fingerprint density at radius 3 is 2.50 bits per heavy atom. The number of ether oxygens (including phenoxy) is 1. The van der Waals surface area contributed by atoms with Crippen molar-refractivity contribution in [1.29, 1.82) is 0 Å². The number of aromatic nitrogens is 2. The summed E-state index contributed by atoms with van der Waals surface area (Å²) in [5.41, 5.74) is 0.628. The molecule has 1 heterocycles. The van der Waals surface area contributed by atoms with Gasteiger partial charge < -0.3 is 25.3 Å². The van der Waals surface area contributed by atoms with Gasteiger partial charge in [0.2, 0.25) is 11.8 Å². The number of carbonyl (C=O) groups excluding carboxylic acids is 1. The van der Waals surface area contributed by atoms with Crippen LogP contribution in [-0.2, 0) is 11.2 Å². The first-order valence-electron chi connectivity index (χ1n) is 12.4. The van der Waals surface area contributed by atoms with Gasteiger partial charge >= 0.3 is 5.69 Å². The van der Waals surface area contributed by atoms with Crippen LogP contribution in [0.25, 0.3) is 22.0 Å². The normalized spacial score (nSPS) is 11.9. The highest BCUT2D eigenvalue weighted by atomic mass is 127. The van der Waals surface area contributed by atoms with E-state index in [0.29, 0.717) is 14.9 Å². The first-order chi connectivity index (χ1) is 19.3. The molecule has 0 aliphatic carbocycles. The lowest BCUT2D eigenvalue weighted by Crippen LogP contribution is -2.33. The molecule has 0 radical (unpaired) electrons. The zero-order valence-corrected chi connectivity index (χ0v) is 23.3. The summed E-state index contributed by atoms with van der Waals surface area (Å²) >= 11 is 1.97. The number of aliphatic hydroxyl groups excluding tert-OH is 1. The molecule has 204 valence electrons. The predicted molar refractivity (Wildman–Crippen MR) is 159 cm³/mol. The van der Waals surface area contributed by atoms with Crippen LogP contribution in [0.1, 0.15) is 11.6 Å². The second-order valence-corrected chi connectivity index (χ2v) is 10.4. The Morgan fingerprint density at radius 2 is 1.77 bits per heavy atom. The summed E-state index contributed by atoms with van der Waals surface area (Å²) < 4.78 is 21.6. The van der Waals surface area contributed by atoms with Gasteiger partial charge in [0.25, 0.3) is 0 Å². The number of nitrogens with one attached hydrogen (secondary N) is 2. The number of H-pyrrole nitrogens is 1. The van der Waals surface area contributed by atoms with Gasteiger partial charge in [-0.2, -0.15) is 0 Å². The van der Waals surface area contributed by atoms with E-state index in [1.54, 1.807) is 30.3 Å². The van der Waals surface area contributed by atoms with Crippen LogP contribution in [0.3, 0.4) is 0 Å². The first-order valence-corrected chi connectivity index (χ1v) is 13.5. The average Bonchev–Trinajstić information content (AvgIpc) is 3.25. The van der Waals surface area contributed by atoms with E-state index < -0.39 is 29.3 Å². The second-order valence-electron chi connectivity index (χ2n) is 9.11. The van der Waals surface area contributed by atoms with Crippen LogP contribution in [0, 0.1) is 9.39 Å². The van der Waals surface area contributed by atoms with Crippen molar-refractivity contribution in [3.63, 3.8) is 0 Å². The van der Waals surface area contributed by atoms with Crippen LogP contribution in [0.2, 0.25) is 0 Å². The van der Waals surface area contributed by atoms with Crippen LogP contribution in [0.5, 0.6) is 11.6 Å². The molecular formula is C30H25FIN3O5. The number of aromatic hydroxyl groups is 1. The molecule has 0 aliphatic heterocycles. The van der Waals surface area contributed by atoms with Crippen molar-refractivity contribution in [3.8, 4) is 22.9 Å². The molecule has 0 saturated heterocycles. The number of nitrogens with zero attached hydrogens (tertiary/aromatic N) is 1. The van der Waals surface area contributed by atoms with Gasteiger partial charge in [0.05, 0.1) is 12.3 Å². The maximum atomic E-state index is 14.6. The zero-order chi connectivity index (χ0) is 28.2. The van der Waals surface area contributed by atoms with E-state index in [1.165, 1.54) is 12.1 Å². The third-order valence-corrected chi connectivity index (χ3v) is 7.12. The highest BCUT2D eigenvalue weighted by Gasteiger charge is 2.29. The Hall–Kier alpha value is -4.16. The SMILES string of the molecule is O=C(Nc1ccc(I)cc1F)[C@H](Cc1ccc2ccccc2c1)n1c(O)c(-c2ccc(OCCO)cc2)[nH]c1=O. The van der Waals surface area contributed by atoms with Crippen molar-refractivity contribution in [3.05, 3.63) is 110 Å². The van der Waals surface area contributed by atoms with Crippen LogP contribution in [0.15, 0.2) is 89.7 Å². The third-order valence-electron chi connectivity index (χ3n) is 6.45. The van der Waals surface area contributed by atoms with Crippen LogP contribution < -0.4 is 15.7 Å². The molecule has 1 aromatic heterocycles. The average molecular weight is 653 g/mol. The number of carbonyl (C=O) groups is 1. The molecule has 10 heteroatoms. The molecule has 0 fully saturated rings. The van der Waals surface area contributed by atoms with E-state index in [1.807, 2.05) is 65.1 Å². The molecule has 0 unspecified atom stereocenters. The van der Waals surface area contributed by atoms with Gasteiger partial charge in [0, 0.05) is 15.6 Å². The molecule has 0 spiro atoms. The lowest BCUT2D eigenvalue weighted by atomic mass is 10.0. The standard InChI is InChI=1S/C30H25FIN3O5/c31-24-17-22(32)9-12-25(24)33-28(37)26(16-18-5-6-19-3-1-2-4-21(19)15-18)35-29(38)27(34-30(35)39)20-7-10-23(11-8-20)40-14-13-36/h1-12,15,17,26,36,38H,13-14,16H2,(H,33,37)(H,34,39)/t26-/m0/s1. The molecule has 0 saturated carbocycles. The fourth-order valence-corrected chi connectivity index (χ4v) is 4.96. The fourth-order valence-electron chi connectivity index (χ4n) is 4.51. The number of rotatable bonds is 9. The molecule has 4 aromatic carbocycles. The Bertz CT molecular complexity index is 1730. The van der Waals surface area contributed by atoms with Gasteiger partial charge in [-0.05, 0) is 81.4 Å². The monoisotopic (exact) mass is 653 g/mol. The van der Waals surface area contributed by atoms with Gasteiger partial charge in [0.1, 0.15) is 29.9 Å². The van der Waals surface area contributed by atoms with Gasteiger partial charge in [-0.25, -0.2) is 13.8 Å². The lowest BCUT2D eigenvalue weighted by molar-refractivity contribution is -0.119. The zero-order valence-electron chi connectivity index (χ0n) is 21.1. The van der Waals surface area contributed by atoms with E-state index in [-0.39, 0.29) is 31.0 Å². The maximum Gasteiger partial charge on any atom is 0.329 e. The van der Waals surface area contributed by atoms with Gasteiger partial charge in [-0.15, -0.1) is 0 Å². The number of benzene rings is 4. The second kappa shape index (κ2) is 11.9. The number of anilines is 1.